The van der Waals surface area contributed by atoms with Crippen LogP contribution in [0.25, 0.3) is 10.9 Å². The molecule has 0 unspecified atom stereocenters. The first kappa shape index (κ1) is 10.0. The predicted molar refractivity (Wildman–Crippen MR) is 64.1 cm³/mol. The van der Waals surface area contributed by atoms with E-state index in [1.54, 1.807) is 12.1 Å². The number of hydrogen-bond acceptors (Lipinski definition) is 1. The highest BCUT2D eigenvalue weighted by Gasteiger charge is 2.02. The predicted octanol–water partition coefficient (Wildman–Crippen LogP) is 3.02. The fourth-order valence-electron chi connectivity index (χ4n) is 1.86. The van der Waals surface area contributed by atoms with E-state index in [-0.39, 0.29) is 5.82 Å². The number of halogens is 1. The minimum absolute atomic E-state index is 0.214. The van der Waals surface area contributed by atoms with Crippen molar-refractivity contribution in [2.45, 2.75) is 6.54 Å². The second-order valence-electron chi connectivity index (χ2n) is 3.91. The van der Waals surface area contributed by atoms with Gasteiger partial charge in [0.15, 0.2) is 0 Å². The zero-order valence-electron chi connectivity index (χ0n) is 9.10. The van der Waals surface area contributed by atoms with Crippen molar-refractivity contribution in [1.82, 2.24) is 9.78 Å². The molecule has 1 radical (unpaired) electrons. The lowest BCUT2D eigenvalue weighted by Crippen LogP contribution is -2.01. The van der Waals surface area contributed by atoms with Gasteiger partial charge in [-0.15, -0.1) is 0 Å². The third kappa shape index (κ3) is 1.91. The Morgan fingerprint density at radius 3 is 2.82 bits per heavy atom. The van der Waals surface area contributed by atoms with Crippen LogP contribution in [0.15, 0.2) is 48.7 Å². The van der Waals surface area contributed by atoms with Gasteiger partial charge in [0.05, 0.1) is 18.3 Å². The van der Waals surface area contributed by atoms with Gasteiger partial charge in [-0.25, -0.2) is 4.39 Å². The van der Waals surface area contributed by atoms with Crippen LogP contribution in [0, 0.1) is 11.9 Å². The van der Waals surface area contributed by atoms with E-state index < -0.39 is 0 Å². The summed E-state index contributed by atoms with van der Waals surface area (Å²) >= 11 is 0. The van der Waals surface area contributed by atoms with Gasteiger partial charge in [0.1, 0.15) is 5.82 Å². The minimum atomic E-state index is -0.214. The van der Waals surface area contributed by atoms with Gasteiger partial charge in [-0.3, -0.25) is 4.68 Å². The van der Waals surface area contributed by atoms with Crippen molar-refractivity contribution in [1.29, 1.82) is 0 Å². The van der Waals surface area contributed by atoms with Gasteiger partial charge >= 0.3 is 0 Å². The Morgan fingerprint density at radius 1 is 1.18 bits per heavy atom. The van der Waals surface area contributed by atoms with E-state index in [0.717, 1.165) is 16.5 Å². The maximum atomic E-state index is 12.8. The summed E-state index contributed by atoms with van der Waals surface area (Å²) in [6, 6.07) is 15.3. The summed E-state index contributed by atoms with van der Waals surface area (Å²) in [7, 11) is 0. The van der Waals surface area contributed by atoms with Crippen LogP contribution in [0.3, 0.4) is 0 Å². The normalized spacial score (nSPS) is 10.9. The highest BCUT2D eigenvalue weighted by atomic mass is 19.1. The number of hydrogen-bond donors (Lipinski definition) is 0. The molecule has 3 aromatic rings. The van der Waals surface area contributed by atoms with E-state index in [1.807, 2.05) is 29.1 Å². The molecular formula is C14H10FN2. The Bertz CT molecular complexity index is 641. The second-order valence-corrected chi connectivity index (χ2v) is 3.91. The van der Waals surface area contributed by atoms with E-state index >= 15 is 0 Å². The molecule has 0 atom stereocenters. The van der Waals surface area contributed by atoms with Crippen LogP contribution in [-0.2, 0) is 6.54 Å². The van der Waals surface area contributed by atoms with Crippen LogP contribution in [-0.4, -0.2) is 9.78 Å². The SMILES string of the molecule is Fc1ccc(Cn2ncc3c[c]ccc32)cc1. The highest BCUT2D eigenvalue weighted by Crippen LogP contribution is 2.14. The molecule has 83 valence electrons. The fourth-order valence-corrected chi connectivity index (χ4v) is 1.86. The molecule has 3 rings (SSSR count). The fraction of sp³-hybridized carbons (Fsp3) is 0.0714. The van der Waals surface area contributed by atoms with Gasteiger partial charge in [0.25, 0.3) is 0 Å². The van der Waals surface area contributed by atoms with E-state index in [4.69, 9.17) is 0 Å². The van der Waals surface area contributed by atoms with Crippen LogP contribution in [0.2, 0.25) is 0 Å². The molecule has 1 aromatic heterocycles. The third-order valence-electron chi connectivity index (χ3n) is 2.73. The summed E-state index contributed by atoms with van der Waals surface area (Å²) in [5, 5.41) is 5.38. The summed E-state index contributed by atoms with van der Waals surface area (Å²) in [5.74, 6) is -0.214. The molecule has 0 spiro atoms. The quantitative estimate of drug-likeness (QED) is 0.655. The first-order chi connectivity index (χ1) is 8.33. The standard InChI is InChI=1S/C14H10FN2/c15-13-7-5-11(6-8-13)10-17-14-4-2-1-3-12(14)9-16-17/h2-9H,10H2. The van der Waals surface area contributed by atoms with Crippen LogP contribution in [0.1, 0.15) is 5.56 Å². The van der Waals surface area contributed by atoms with Gasteiger partial charge in [0.2, 0.25) is 0 Å². The molecule has 0 saturated heterocycles. The molecule has 0 bridgehead atoms. The molecule has 17 heavy (non-hydrogen) atoms. The van der Waals surface area contributed by atoms with Crippen molar-refractivity contribution < 1.29 is 4.39 Å². The molecule has 2 nitrogen and oxygen atoms in total. The first-order valence-corrected chi connectivity index (χ1v) is 5.39. The summed E-state index contributed by atoms with van der Waals surface area (Å²) in [5.41, 5.74) is 2.09. The molecule has 0 fully saturated rings. The van der Waals surface area contributed by atoms with Crippen LogP contribution < -0.4 is 0 Å². The average Bonchev–Trinajstić information content (AvgIpc) is 2.76. The number of fused-ring (bicyclic) bond motifs is 1. The molecule has 0 aliphatic carbocycles. The van der Waals surface area contributed by atoms with Gasteiger partial charge < -0.3 is 0 Å². The highest BCUT2D eigenvalue weighted by molar-refractivity contribution is 5.78. The van der Waals surface area contributed by atoms with Crippen molar-refractivity contribution in [3.63, 3.8) is 0 Å². The molecule has 0 aliphatic heterocycles. The summed E-state index contributed by atoms with van der Waals surface area (Å²) < 4.78 is 14.7. The number of rotatable bonds is 2. The zero-order valence-corrected chi connectivity index (χ0v) is 9.10. The lowest BCUT2D eigenvalue weighted by molar-refractivity contribution is 0.625. The number of benzene rings is 2. The van der Waals surface area contributed by atoms with Crippen LogP contribution in [0.5, 0.6) is 0 Å². The van der Waals surface area contributed by atoms with Gasteiger partial charge in [0, 0.05) is 5.39 Å². The molecule has 0 aliphatic rings. The van der Waals surface area contributed by atoms with Crippen molar-refractivity contribution in [2.75, 3.05) is 0 Å². The van der Waals surface area contributed by atoms with Crippen molar-refractivity contribution >= 4 is 10.9 Å². The monoisotopic (exact) mass is 225 g/mol. The molecule has 1 heterocycles. The maximum Gasteiger partial charge on any atom is 0.123 e. The first-order valence-electron chi connectivity index (χ1n) is 5.39. The van der Waals surface area contributed by atoms with E-state index in [1.165, 1.54) is 12.1 Å². The molecular weight excluding hydrogens is 215 g/mol. The van der Waals surface area contributed by atoms with Crippen molar-refractivity contribution in [2.24, 2.45) is 0 Å². The van der Waals surface area contributed by atoms with Gasteiger partial charge in [-0.1, -0.05) is 18.2 Å². The summed E-state index contributed by atoms with van der Waals surface area (Å²) in [4.78, 5) is 0. The minimum Gasteiger partial charge on any atom is -0.260 e. The Hall–Kier alpha value is -2.16. The number of aromatic nitrogens is 2. The topological polar surface area (TPSA) is 17.8 Å². The zero-order chi connectivity index (χ0) is 11.7. The summed E-state index contributed by atoms with van der Waals surface area (Å²) in [6.45, 7) is 0.647. The maximum absolute atomic E-state index is 12.8. The van der Waals surface area contributed by atoms with Crippen molar-refractivity contribution in [3.05, 3.63) is 66.1 Å². The van der Waals surface area contributed by atoms with E-state index in [2.05, 4.69) is 11.2 Å². The summed E-state index contributed by atoms with van der Waals surface area (Å²) in [6.07, 6.45) is 1.81. The largest absolute Gasteiger partial charge is 0.260 e. The Labute approximate surface area is 98.3 Å². The van der Waals surface area contributed by atoms with Gasteiger partial charge in [-0.05, 0) is 35.9 Å². The van der Waals surface area contributed by atoms with E-state index in [0.29, 0.717) is 6.54 Å². The molecule has 2 aromatic carbocycles. The lowest BCUT2D eigenvalue weighted by Gasteiger charge is -2.03. The Morgan fingerprint density at radius 2 is 2.00 bits per heavy atom. The van der Waals surface area contributed by atoms with Crippen LogP contribution in [0.4, 0.5) is 4.39 Å². The van der Waals surface area contributed by atoms with Crippen molar-refractivity contribution in [3.8, 4) is 0 Å². The average molecular weight is 225 g/mol. The molecule has 0 N–H and O–H groups in total. The Balaban J connectivity index is 1.97. The third-order valence-corrected chi connectivity index (χ3v) is 2.73. The van der Waals surface area contributed by atoms with Gasteiger partial charge in [-0.2, -0.15) is 5.10 Å². The molecule has 0 amide bonds. The molecule has 0 saturated carbocycles. The lowest BCUT2D eigenvalue weighted by atomic mass is 10.2. The second kappa shape index (κ2) is 4.01. The Kier molecular flexibility index (Phi) is 2.37. The molecule has 3 heteroatoms. The smallest absolute Gasteiger partial charge is 0.123 e. The number of nitrogens with zero attached hydrogens (tertiary/aromatic N) is 2. The van der Waals surface area contributed by atoms with Crippen LogP contribution >= 0.6 is 0 Å². The van der Waals surface area contributed by atoms with E-state index in [9.17, 15) is 4.39 Å².